The van der Waals surface area contributed by atoms with Gasteiger partial charge in [-0.25, -0.2) is 0 Å². The van der Waals surface area contributed by atoms with Crippen molar-refractivity contribution in [1.82, 2.24) is 0 Å². The van der Waals surface area contributed by atoms with Crippen LogP contribution in [0.5, 0.6) is 0 Å². The molecule has 0 N–H and O–H groups in total. The second-order valence-corrected chi connectivity index (χ2v) is 5.16. The Kier molecular flexibility index (Phi) is 4.21. The van der Waals surface area contributed by atoms with E-state index in [-0.39, 0.29) is 0 Å². The van der Waals surface area contributed by atoms with Crippen LogP contribution in [-0.2, 0) is 6.42 Å². The molecule has 1 aromatic rings. The monoisotopic (exact) mass is 250 g/mol. The second kappa shape index (κ2) is 5.88. The molecule has 1 aromatic carbocycles. The molecule has 0 aromatic heterocycles. The summed E-state index contributed by atoms with van der Waals surface area (Å²) in [6, 6.07) is 6.52. The summed E-state index contributed by atoms with van der Waals surface area (Å²) in [7, 11) is 0. The molecule has 0 bridgehead atoms. The number of rotatable bonds is 3. The smallest absolute Gasteiger partial charge is 0.00850 e. The molecule has 1 aliphatic rings. The first-order valence-corrected chi connectivity index (χ1v) is 6.90. The maximum Gasteiger partial charge on any atom is -0.00850 e. The standard InChI is InChI=1S/C19H22/c1-5-14(2)8-6-10-17-12-13-18-11-7-9-15(3)19(18)16(17)4/h5-9,11-12H,4,10,13H2,1-3H3/b8-6-,14-5-. The summed E-state index contributed by atoms with van der Waals surface area (Å²) in [6.45, 7) is 10.7. The third-order valence-corrected chi connectivity index (χ3v) is 3.79. The Morgan fingerprint density at radius 3 is 2.89 bits per heavy atom. The van der Waals surface area contributed by atoms with Crippen molar-refractivity contribution in [3.63, 3.8) is 0 Å². The van der Waals surface area contributed by atoms with Crippen LogP contribution in [0.1, 0.15) is 37.0 Å². The van der Waals surface area contributed by atoms with Gasteiger partial charge in [-0.1, -0.05) is 54.7 Å². The van der Waals surface area contributed by atoms with Crippen LogP contribution in [0.25, 0.3) is 5.57 Å². The van der Waals surface area contributed by atoms with E-state index in [0.29, 0.717) is 0 Å². The number of hydrogen-bond donors (Lipinski definition) is 0. The van der Waals surface area contributed by atoms with Gasteiger partial charge < -0.3 is 0 Å². The highest BCUT2D eigenvalue weighted by molar-refractivity contribution is 5.83. The quantitative estimate of drug-likeness (QED) is 0.630. The van der Waals surface area contributed by atoms with Gasteiger partial charge in [0.1, 0.15) is 0 Å². The van der Waals surface area contributed by atoms with Gasteiger partial charge in [-0.05, 0) is 61.4 Å². The molecule has 0 nitrogen and oxygen atoms in total. The highest BCUT2D eigenvalue weighted by atomic mass is 14.2. The first-order chi connectivity index (χ1) is 9.13. The van der Waals surface area contributed by atoms with Gasteiger partial charge in [0.25, 0.3) is 0 Å². The topological polar surface area (TPSA) is 0 Å². The van der Waals surface area contributed by atoms with E-state index in [0.717, 1.165) is 12.8 Å². The Balaban J connectivity index is 2.19. The van der Waals surface area contributed by atoms with Gasteiger partial charge in [0.15, 0.2) is 0 Å². The van der Waals surface area contributed by atoms with E-state index in [1.807, 2.05) is 0 Å². The molecule has 0 unspecified atom stereocenters. The minimum Gasteiger partial charge on any atom is -0.0909 e. The lowest BCUT2D eigenvalue weighted by Gasteiger charge is -2.21. The summed E-state index contributed by atoms with van der Waals surface area (Å²) in [5.74, 6) is 0. The predicted octanol–water partition coefficient (Wildman–Crippen LogP) is 5.40. The molecule has 0 radical (unpaired) electrons. The summed E-state index contributed by atoms with van der Waals surface area (Å²) < 4.78 is 0. The molecule has 1 aliphatic carbocycles. The molecule has 98 valence electrons. The summed E-state index contributed by atoms with van der Waals surface area (Å²) >= 11 is 0. The minimum absolute atomic E-state index is 0.970. The fourth-order valence-corrected chi connectivity index (χ4v) is 2.52. The van der Waals surface area contributed by atoms with E-state index in [1.165, 1.54) is 33.4 Å². The maximum absolute atomic E-state index is 4.30. The highest BCUT2D eigenvalue weighted by Gasteiger charge is 2.15. The molecule has 0 spiro atoms. The number of hydrogen-bond acceptors (Lipinski definition) is 0. The van der Waals surface area contributed by atoms with Crippen molar-refractivity contribution in [3.05, 3.63) is 76.9 Å². The van der Waals surface area contributed by atoms with Crippen molar-refractivity contribution < 1.29 is 0 Å². The van der Waals surface area contributed by atoms with Crippen molar-refractivity contribution in [2.75, 3.05) is 0 Å². The lowest BCUT2D eigenvalue weighted by atomic mass is 9.84. The fourth-order valence-electron chi connectivity index (χ4n) is 2.52. The number of aryl methyl sites for hydroxylation is 1. The third-order valence-electron chi connectivity index (χ3n) is 3.79. The summed E-state index contributed by atoms with van der Waals surface area (Å²) in [5, 5.41) is 0. The van der Waals surface area contributed by atoms with Crippen molar-refractivity contribution in [1.29, 1.82) is 0 Å². The van der Waals surface area contributed by atoms with E-state index < -0.39 is 0 Å². The van der Waals surface area contributed by atoms with Crippen LogP contribution in [0.15, 0.2) is 60.2 Å². The Morgan fingerprint density at radius 2 is 2.16 bits per heavy atom. The SMILES string of the molecule is C=C1C(C/C=C\C(C)=C/C)=CCc2cccc(C)c21. The first kappa shape index (κ1) is 13.6. The fraction of sp³-hybridized carbons (Fsp3) is 0.263. The zero-order valence-corrected chi connectivity index (χ0v) is 12.2. The van der Waals surface area contributed by atoms with E-state index in [4.69, 9.17) is 0 Å². The van der Waals surface area contributed by atoms with Gasteiger partial charge in [-0.2, -0.15) is 0 Å². The highest BCUT2D eigenvalue weighted by Crippen LogP contribution is 2.34. The van der Waals surface area contributed by atoms with Crippen LogP contribution in [0.2, 0.25) is 0 Å². The Morgan fingerprint density at radius 1 is 1.37 bits per heavy atom. The van der Waals surface area contributed by atoms with Crippen LogP contribution >= 0.6 is 0 Å². The van der Waals surface area contributed by atoms with Gasteiger partial charge in [-0.15, -0.1) is 0 Å². The van der Waals surface area contributed by atoms with E-state index in [9.17, 15) is 0 Å². The Labute approximate surface area is 116 Å². The molecule has 2 rings (SSSR count). The van der Waals surface area contributed by atoms with Gasteiger partial charge in [0.2, 0.25) is 0 Å². The molecular weight excluding hydrogens is 228 g/mol. The Bertz CT molecular complexity index is 580. The molecular formula is C19H22. The van der Waals surface area contributed by atoms with Crippen molar-refractivity contribution >= 4 is 5.57 Å². The van der Waals surface area contributed by atoms with E-state index >= 15 is 0 Å². The van der Waals surface area contributed by atoms with Crippen LogP contribution in [0.3, 0.4) is 0 Å². The molecule has 0 heteroatoms. The lowest BCUT2D eigenvalue weighted by Crippen LogP contribution is -2.03. The second-order valence-electron chi connectivity index (χ2n) is 5.16. The van der Waals surface area contributed by atoms with Crippen LogP contribution in [-0.4, -0.2) is 0 Å². The zero-order valence-electron chi connectivity index (χ0n) is 12.2. The summed E-state index contributed by atoms with van der Waals surface area (Å²) in [5.41, 5.74) is 7.96. The Hall–Kier alpha value is -1.82. The van der Waals surface area contributed by atoms with E-state index in [2.05, 4.69) is 69.9 Å². The molecule has 0 fully saturated rings. The van der Waals surface area contributed by atoms with Gasteiger partial charge >= 0.3 is 0 Å². The average molecular weight is 250 g/mol. The predicted molar refractivity (Wildman–Crippen MR) is 85.2 cm³/mol. The molecule has 0 heterocycles. The van der Waals surface area contributed by atoms with Crippen molar-refractivity contribution in [3.8, 4) is 0 Å². The maximum atomic E-state index is 4.30. The summed E-state index contributed by atoms with van der Waals surface area (Å²) in [4.78, 5) is 0. The van der Waals surface area contributed by atoms with E-state index in [1.54, 1.807) is 0 Å². The zero-order chi connectivity index (χ0) is 13.8. The first-order valence-electron chi connectivity index (χ1n) is 6.90. The normalized spacial score (nSPS) is 15.6. The molecule has 19 heavy (non-hydrogen) atoms. The largest absolute Gasteiger partial charge is 0.0909 e. The molecule has 0 amide bonds. The van der Waals surface area contributed by atoms with Crippen LogP contribution in [0, 0.1) is 6.92 Å². The van der Waals surface area contributed by atoms with Gasteiger partial charge in [0, 0.05) is 0 Å². The minimum atomic E-state index is 0.970. The number of benzene rings is 1. The third kappa shape index (κ3) is 2.96. The van der Waals surface area contributed by atoms with Crippen molar-refractivity contribution in [2.24, 2.45) is 0 Å². The number of fused-ring (bicyclic) bond motifs is 1. The van der Waals surface area contributed by atoms with Gasteiger partial charge in [0.05, 0.1) is 0 Å². The summed E-state index contributed by atoms with van der Waals surface area (Å²) in [6.07, 6.45) is 10.9. The molecule has 0 saturated heterocycles. The van der Waals surface area contributed by atoms with Crippen LogP contribution < -0.4 is 0 Å². The van der Waals surface area contributed by atoms with Gasteiger partial charge in [-0.3, -0.25) is 0 Å². The average Bonchev–Trinajstić information content (AvgIpc) is 2.41. The number of allylic oxidation sites excluding steroid dienone is 7. The van der Waals surface area contributed by atoms with Crippen LogP contribution in [0.4, 0.5) is 0 Å². The molecule has 0 saturated carbocycles. The van der Waals surface area contributed by atoms with Crippen molar-refractivity contribution in [2.45, 2.75) is 33.6 Å². The molecule has 0 atom stereocenters. The molecule has 0 aliphatic heterocycles. The lowest BCUT2D eigenvalue weighted by molar-refractivity contribution is 1.13.